The molecule has 0 aliphatic heterocycles. The Labute approximate surface area is 844 Å². The third-order valence-electron chi connectivity index (χ3n) is 23.2. The van der Waals surface area contributed by atoms with Crippen molar-refractivity contribution in [2.45, 2.75) is 158 Å². The molecule has 8 atom stereocenters. The fourth-order valence-electron chi connectivity index (χ4n) is 15.1. The molecule has 0 aromatic heterocycles. The van der Waals surface area contributed by atoms with Crippen molar-refractivity contribution in [2.24, 2.45) is 68.8 Å². The molecule has 0 heterocycles. The zero-order chi connectivity index (χ0) is 104. The van der Waals surface area contributed by atoms with Crippen LogP contribution in [0.3, 0.4) is 0 Å². The number of benzene rings is 8. The smallest absolute Gasteiger partial charge is 0.238 e. The van der Waals surface area contributed by atoms with Crippen LogP contribution in [-0.2, 0) is 109 Å². The Morgan fingerprint density at radius 2 is 0.577 bits per heavy atom. The Morgan fingerprint density at radius 3 is 0.838 bits per heavy atom. The molecular formula is C105H149Cl2N21O14. The van der Waals surface area contributed by atoms with E-state index in [1.54, 1.807) is 43.5 Å². The van der Waals surface area contributed by atoms with Crippen molar-refractivity contribution in [3.8, 4) is 11.5 Å². The number of nitrogens with two attached hydrogens (primary N) is 12. The van der Waals surface area contributed by atoms with E-state index in [-0.39, 0.29) is 124 Å². The van der Waals surface area contributed by atoms with Gasteiger partial charge in [0.05, 0.1) is 98.3 Å². The summed E-state index contributed by atoms with van der Waals surface area (Å²) < 4.78 is 10.7. The number of carbonyl (C=O) groups is 12. The predicted molar refractivity (Wildman–Crippen MR) is 559 cm³/mol. The maximum Gasteiger partial charge on any atom is 0.238 e. The van der Waals surface area contributed by atoms with Crippen molar-refractivity contribution < 1.29 is 67.0 Å². The second-order valence-corrected chi connectivity index (χ2v) is 35.3. The molecule has 8 aromatic carbocycles. The highest BCUT2D eigenvalue weighted by molar-refractivity contribution is 6.42. The molecule has 0 radical (unpaired) electrons. The van der Waals surface area contributed by atoms with Gasteiger partial charge in [-0.3, -0.25) is 57.5 Å². The monoisotopic (exact) mass is 2000 g/mol. The highest BCUT2D eigenvalue weighted by atomic mass is 35.5. The second kappa shape index (κ2) is 67.2. The topological polar surface area (TPSA) is 600 Å². The van der Waals surface area contributed by atoms with Crippen LogP contribution in [0.25, 0.3) is 0 Å². The normalized spacial score (nSPS) is 12.5. The first-order chi connectivity index (χ1) is 68.1. The summed E-state index contributed by atoms with van der Waals surface area (Å²) in [7, 11) is 6.98. The number of carbonyl (C=O) groups excluding carboxylic acids is 12. The number of halogens is 2. The molecule has 0 fully saturated rings. The van der Waals surface area contributed by atoms with Crippen molar-refractivity contribution in [3.05, 3.63) is 266 Å². The summed E-state index contributed by atoms with van der Waals surface area (Å²) in [6.45, 7) is 6.93. The number of nitrogens with one attached hydrogen (secondary N) is 4. The standard InChI is InChI=1S/C27H40N6O3.C27H39N5O5.C26H37N5O3.C25H33Cl2N5O3/c1-32(2)22-11-8-21(9-12-22)18-25(34)24(13-10-20-6-4-3-5-7-20)31-27(36)23(30)19-26(35)33(16-14-28)17-15-29;1-36-21-9-11-25(37-2)20(16-21)17-24(33)23(10-8-19-6-4-3-5-7-19)31-27(35)22(30)18-26(34)32(14-12-28)15-13-29;1-19-7-9-21(10-8-19)17-24(32)23(12-11-20-5-3-2-4-6-20)30-26(34)22(29)18-25(33)31(15-13-27)16-14-28;26-19-8-6-18(14-20(19)27)15-23(33)22(9-7-17-4-2-1-3-5-17)31-25(35)21(30)16-24(34)32(12-10-28)13-11-29/h3-9,11-12,23-24H,10,13-19,28-30H2,1-2H3,(H,31,36);3-7,9,11,16,22-23H,8,10,12-15,17-18,28-30H2,1-2H3,(H,31,35);2-10,22-23H,11-18,27-29H2,1H3,(H,30,34);1-6,8,14,21-22H,7,9-13,15-16,28-30H2,(H,31,35)/t23-,24-;2*22-,23-;21-,22-/m0000/s1. The molecule has 8 rings (SSSR count). The maximum atomic E-state index is 13.4. The Kier molecular flexibility index (Phi) is 56.9. The average Bonchev–Trinajstić information content (AvgIpc) is 0.873. The van der Waals surface area contributed by atoms with Gasteiger partial charge in [0.15, 0.2) is 23.1 Å². The summed E-state index contributed by atoms with van der Waals surface area (Å²) in [5.74, 6) is -2.87. The van der Waals surface area contributed by atoms with Crippen molar-refractivity contribution in [1.29, 1.82) is 0 Å². The predicted octanol–water partition coefficient (Wildman–Crippen LogP) is 3.22. The minimum Gasteiger partial charge on any atom is -0.497 e. The molecular weight excluding hydrogens is 1850 g/mol. The van der Waals surface area contributed by atoms with Crippen LogP contribution in [0.15, 0.2) is 206 Å². The molecule has 142 heavy (non-hydrogen) atoms. The van der Waals surface area contributed by atoms with Crippen LogP contribution >= 0.6 is 23.2 Å². The Balaban J connectivity index is 0.000000334. The van der Waals surface area contributed by atoms with Gasteiger partial charge < -0.3 is 124 Å². The van der Waals surface area contributed by atoms with E-state index < -0.39 is 72.0 Å². The van der Waals surface area contributed by atoms with Crippen molar-refractivity contribution in [2.75, 3.05) is 138 Å². The van der Waals surface area contributed by atoms with Gasteiger partial charge in [0.2, 0.25) is 47.3 Å². The van der Waals surface area contributed by atoms with E-state index >= 15 is 0 Å². The Bertz CT molecular complexity index is 5140. The average molecular weight is 2000 g/mol. The summed E-state index contributed by atoms with van der Waals surface area (Å²) in [5, 5.41) is 11.9. The van der Waals surface area contributed by atoms with Gasteiger partial charge in [0.25, 0.3) is 0 Å². The van der Waals surface area contributed by atoms with Gasteiger partial charge in [-0.05, 0) is 140 Å². The number of nitrogens with zero attached hydrogens (tertiary/aromatic N) is 5. The van der Waals surface area contributed by atoms with Crippen LogP contribution in [0, 0.1) is 6.92 Å². The quantitative estimate of drug-likeness (QED) is 0.0260. The first-order valence-electron chi connectivity index (χ1n) is 47.8. The Hall–Kier alpha value is -12.3. The lowest BCUT2D eigenvalue weighted by atomic mass is 9.96. The fraction of sp³-hybridized carbons (Fsp3) is 0.429. The molecule has 0 saturated carbocycles. The van der Waals surface area contributed by atoms with Crippen molar-refractivity contribution in [3.63, 3.8) is 0 Å². The minimum atomic E-state index is -1.12. The molecule has 8 amide bonds. The number of anilines is 1. The van der Waals surface area contributed by atoms with Crippen LogP contribution in [0.2, 0.25) is 10.0 Å². The number of aryl methyl sites for hydroxylation is 5. The molecule has 0 aliphatic carbocycles. The van der Waals surface area contributed by atoms with E-state index in [0.29, 0.717) is 163 Å². The lowest BCUT2D eigenvalue weighted by molar-refractivity contribution is -0.135. The van der Waals surface area contributed by atoms with Gasteiger partial charge in [-0.15, -0.1) is 0 Å². The number of hydrogen-bond donors (Lipinski definition) is 16. The number of hydrogen-bond acceptors (Lipinski definition) is 27. The van der Waals surface area contributed by atoms with Crippen LogP contribution in [0.1, 0.15) is 101 Å². The van der Waals surface area contributed by atoms with Crippen LogP contribution in [0.5, 0.6) is 11.5 Å². The van der Waals surface area contributed by atoms with Crippen LogP contribution < -0.4 is 104 Å². The Morgan fingerprint density at radius 1 is 0.310 bits per heavy atom. The van der Waals surface area contributed by atoms with Crippen LogP contribution in [-0.4, -0.2) is 271 Å². The zero-order valence-corrected chi connectivity index (χ0v) is 84.0. The number of Topliss-reactive ketones (excluding diaryl/α,β-unsaturated/α-hetero) is 4. The van der Waals surface area contributed by atoms with E-state index in [9.17, 15) is 57.5 Å². The lowest BCUT2D eigenvalue weighted by Gasteiger charge is -2.24. The molecule has 772 valence electrons. The van der Waals surface area contributed by atoms with Gasteiger partial charge in [-0.25, -0.2) is 0 Å². The van der Waals surface area contributed by atoms with E-state index in [2.05, 4.69) is 21.3 Å². The molecule has 0 saturated heterocycles. The molecule has 37 heteroatoms. The molecule has 0 spiro atoms. The van der Waals surface area contributed by atoms with E-state index in [0.717, 1.165) is 44.6 Å². The SMILES string of the molecule is CN(C)c1ccc(CC(=O)[C@H](CCc2ccccc2)NC(=O)[C@@H](N)CC(=O)N(CCN)CCN)cc1.COc1ccc(OC)c(CC(=O)[C@H](CCc2ccccc2)NC(=O)[C@@H](N)CC(=O)N(CCN)CCN)c1.Cc1ccc(CC(=O)[C@H](CCc2ccccc2)NC(=O)[C@@H](N)CC(=O)N(CCN)CCN)cc1.NCCN(CCN)C(=O)C[C@H](N)C(=O)N[C@@H](CCc1ccccc1)C(=O)Cc1ccc(Cl)c(Cl)c1. The fourth-order valence-corrected chi connectivity index (χ4v) is 15.4. The minimum absolute atomic E-state index is 0.0229. The summed E-state index contributed by atoms with van der Waals surface area (Å²) in [4.78, 5) is 163. The third kappa shape index (κ3) is 44.9. The van der Waals surface area contributed by atoms with E-state index in [4.69, 9.17) is 101 Å². The number of ether oxygens (including phenoxy) is 2. The van der Waals surface area contributed by atoms with Crippen molar-refractivity contribution in [1.82, 2.24) is 40.9 Å². The van der Waals surface area contributed by atoms with Gasteiger partial charge in [0.1, 0.15) is 11.5 Å². The molecule has 0 aliphatic rings. The van der Waals surface area contributed by atoms with E-state index in [1.807, 2.05) is 196 Å². The van der Waals surface area contributed by atoms with Gasteiger partial charge >= 0.3 is 0 Å². The number of methoxy groups -OCH3 is 2. The first-order valence-corrected chi connectivity index (χ1v) is 48.6. The zero-order valence-electron chi connectivity index (χ0n) is 82.5. The second-order valence-electron chi connectivity index (χ2n) is 34.5. The van der Waals surface area contributed by atoms with E-state index in [1.165, 1.54) is 26.7 Å². The molecule has 28 N–H and O–H groups in total. The van der Waals surface area contributed by atoms with Crippen molar-refractivity contribution >= 4 is 99.3 Å². The molecule has 0 bridgehead atoms. The highest BCUT2D eigenvalue weighted by Crippen LogP contribution is 2.27. The van der Waals surface area contributed by atoms with Crippen LogP contribution in [0.4, 0.5) is 5.69 Å². The third-order valence-corrected chi connectivity index (χ3v) is 23.9. The number of rotatable bonds is 59. The summed E-state index contributed by atoms with van der Waals surface area (Å²) in [6.07, 6.45) is 3.69. The highest BCUT2D eigenvalue weighted by Gasteiger charge is 2.33. The van der Waals surface area contributed by atoms with Gasteiger partial charge in [-0.2, -0.15) is 0 Å². The van der Waals surface area contributed by atoms with Gasteiger partial charge in [-0.1, -0.05) is 193 Å². The molecule has 8 aromatic rings. The lowest BCUT2D eigenvalue weighted by Crippen LogP contribution is -2.51. The molecule has 0 unspecified atom stereocenters. The first kappa shape index (κ1) is 120. The largest absolute Gasteiger partial charge is 0.497 e. The number of ketones is 4. The summed E-state index contributed by atoms with van der Waals surface area (Å²) in [5.41, 5.74) is 78.1. The summed E-state index contributed by atoms with van der Waals surface area (Å²) >= 11 is 12.1. The van der Waals surface area contributed by atoms with Gasteiger partial charge in [0, 0.05) is 156 Å². The maximum absolute atomic E-state index is 13.4. The molecule has 35 nitrogen and oxygen atoms in total. The summed E-state index contributed by atoms with van der Waals surface area (Å²) in [6, 6.07) is 57.1. The number of amides is 8.